The maximum atomic E-state index is 7.00. The number of aryl methyl sites for hydroxylation is 3. The fourth-order valence-electron chi connectivity index (χ4n) is 4.61. The third-order valence-electron chi connectivity index (χ3n) is 7.53. The van der Waals surface area contributed by atoms with Crippen LogP contribution in [0, 0.1) is 26.7 Å². The largest absolute Gasteiger partial charge is 0.456 e. The molecule has 1 atom stereocenters. The number of allylic oxidation sites excluding steroid dienone is 2. The van der Waals surface area contributed by atoms with E-state index in [0.717, 1.165) is 48.9 Å². The van der Waals surface area contributed by atoms with Gasteiger partial charge in [0.15, 0.2) is 0 Å². The molecule has 0 spiro atoms. The molecule has 256 valence electrons. The van der Waals surface area contributed by atoms with E-state index in [1.807, 2.05) is 32.1 Å². The first-order valence-electron chi connectivity index (χ1n) is 16.4. The predicted molar refractivity (Wildman–Crippen MR) is 210 cm³/mol. The van der Waals surface area contributed by atoms with Gasteiger partial charge in [-0.1, -0.05) is 113 Å². The van der Waals surface area contributed by atoms with Gasteiger partial charge in [-0.05, 0) is 81.1 Å². The summed E-state index contributed by atoms with van der Waals surface area (Å²) in [4.78, 5) is 2.49. The van der Waals surface area contributed by atoms with Crippen molar-refractivity contribution < 1.29 is 18.8 Å². The van der Waals surface area contributed by atoms with Crippen molar-refractivity contribution in [2.45, 2.75) is 60.8 Å². The van der Waals surface area contributed by atoms with E-state index >= 15 is 0 Å². The molecule has 1 N–H and O–H groups in total. The van der Waals surface area contributed by atoms with Gasteiger partial charge in [0, 0.05) is 48.1 Å². The Bertz CT molecular complexity index is 1440. The lowest BCUT2D eigenvalue weighted by molar-refractivity contribution is 0.0654. The molecule has 6 heteroatoms. The van der Waals surface area contributed by atoms with Crippen LogP contribution in [0.5, 0.6) is 0 Å². The SMILES string of the molecule is C=C/C=C\c1oc(-c2ccc(-c3cc(C)c(C=C)s3)cc2)cc1C.CC.CCC1CCOCC1.CO.COP(C)c1ccc(C)cc1. The molecule has 0 saturated carbocycles. The van der Waals surface area contributed by atoms with Crippen molar-refractivity contribution >= 4 is 36.9 Å². The third-order valence-corrected chi connectivity index (χ3v) is 10.4. The normalized spacial score (nSPS) is 13.0. The molecule has 47 heavy (non-hydrogen) atoms. The highest BCUT2D eigenvalue weighted by atomic mass is 32.1. The molecule has 0 aliphatic carbocycles. The number of hydrogen-bond donors (Lipinski definition) is 1. The van der Waals surface area contributed by atoms with E-state index in [1.54, 1.807) is 24.5 Å². The average molecular weight is 677 g/mol. The maximum Gasteiger partial charge on any atom is 0.135 e. The zero-order valence-electron chi connectivity index (χ0n) is 30.1. The standard InChI is InChI=1S/C22H20OS.C9H13OP.C7H14O.C2H6.CH4O/c1-5-7-8-19-15(3)13-20(23-19)17-9-11-18(12-10-17)22-14-16(4)21(6-2)24-22;1-8-4-6-9(7-5-8)11(3)10-2;1-2-7-3-5-8-6-4-7;2*1-2/h5-14H,1-2H2,3-4H3;4-7H,1-3H3;7H,2-6H2,1H3;1-2H3;2H,1H3/b8-7-;;;;. The Morgan fingerprint density at radius 2 is 1.51 bits per heavy atom. The molecule has 2 aromatic heterocycles. The van der Waals surface area contributed by atoms with Crippen molar-refractivity contribution in [3.63, 3.8) is 0 Å². The lowest BCUT2D eigenvalue weighted by Gasteiger charge is -2.19. The molecule has 0 bridgehead atoms. The van der Waals surface area contributed by atoms with Gasteiger partial charge in [-0.25, -0.2) is 0 Å². The summed E-state index contributed by atoms with van der Waals surface area (Å²) in [5, 5.41) is 8.30. The molecule has 1 fully saturated rings. The molecule has 0 radical (unpaired) electrons. The Labute approximate surface area is 290 Å². The van der Waals surface area contributed by atoms with Crippen LogP contribution >= 0.6 is 19.5 Å². The van der Waals surface area contributed by atoms with Crippen LogP contribution in [0.2, 0.25) is 0 Å². The topological polar surface area (TPSA) is 51.8 Å². The highest BCUT2D eigenvalue weighted by Crippen LogP contribution is 2.34. The highest BCUT2D eigenvalue weighted by molar-refractivity contribution is 7.60. The molecule has 1 unspecified atom stereocenters. The van der Waals surface area contributed by atoms with Crippen LogP contribution < -0.4 is 5.30 Å². The molecule has 1 saturated heterocycles. The first kappa shape index (κ1) is 42.0. The molecule has 5 rings (SSSR count). The van der Waals surface area contributed by atoms with Gasteiger partial charge in [0.25, 0.3) is 0 Å². The van der Waals surface area contributed by atoms with Crippen molar-refractivity contribution in [1.82, 2.24) is 0 Å². The average Bonchev–Trinajstić information content (AvgIpc) is 3.71. The Morgan fingerprint density at radius 1 is 0.915 bits per heavy atom. The molecular weight excluding hydrogens is 619 g/mol. The van der Waals surface area contributed by atoms with Crippen LogP contribution in [-0.4, -0.2) is 39.2 Å². The number of ether oxygens (including phenoxy) is 1. The van der Waals surface area contributed by atoms with Gasteiger partial charge in [-0.3, -0.25) is 0 Å². The molecule has 2 aromatic carbocycles. The molecule has 4 nitrogen and oxygen atoms in total. The van der Waals surface area contributed by atoms with Crippen LogP contribution in [0.1, 0.15) is 67.4 Å². The molecule has 0 amide bonds. The Balaban J connectivity index is 0.000000396. The Morgan fingerprint density at radius 3 is 2.00 bits per heavy atom. The summed E-state index contributed by atoms with van der Waals surface area (Å²) in [6.45, 7) is 24.2. The summed E-state index contributed by atoms with van der Waals surface area (Å²) in [5.74, 6) is 2.72. The summed E-state index contributed by atoms with van der Waals surface area (Å²) in [6, 6.07) is 21.3. The van der Waals surface area contributed by atoms with Gasteiger partial charge in [0.2, 0.25) is 0 Å². The predicted octanol–water partition coefficient (Wildman–Crippen LogP) is 11.9. The fourth-order valence-corrected chi connectivity index (χ4v) is 6.42. The van der Waals surface area contributed by atoms with Crippen LogP contribution in [0.3, 0.4) is 0 Å². The summed E-state index contributed by atoms with van der Waals surface area (Å²) in [5.41, 5.74) is 5.99. The number of benzene rings is 2. The van der Waals surface area contributed by atoms with Gasteiger partial charge in [-0.15, -0.1) is 11.3 Å². The zero-order chi connectivity index (χ0) is 35.2. The number of aliphatic hydroxyl groups excluding tert-OH is 1. The van der Waals surface area contributed by atoms with Crippen LogP contribution in [0.25, 0.3) is 33.9 Å². The lowest BCUT2D eigenvalue weighted by atomic mass is 9.98. The van der Waals surface area contributed by atoms with E-state index in [-0.39, 0.29) is 8.15 Å². The molecule has 3 heterocycles. The Kier molecular flexibility index (Phi) is 21.6. The smallest absolute Gasteiger partial charge is 0.135 e. The van der Waals surface area contributed by atoms with Crippen molar-refractivity contribution in [2.24, 2.45) is 5.92 Å². The van der Waals surface area contributed by atoms with Crippen LogP contribution in [0.15, 0.2) is 90.4 Å². The van der Waals surface area contributed by atoms with Gasteiger partial charge in [-0.2, -0.15) is 0 Å². The number of aliphatic hydroxyl groups is 1. The molecule has 1 aliphatic heterocycles. The van der Waals surface area contributed by atoms with Gasteiger partial charge in [0.1, 0.15) is 11.5 Å². The summed E-state index contributed by atoms with van der Waals surface area (Å²) < 4.78 is 16.4. The first-order valence-corrected chi connectivity index (χ1v) is 18.9. The highest BCUT2D eigenvalue weighted by Gasteiger charge is 2.11. The second kappa shape index (κ2) is 24.1. The number of hydrogen-bond acceptors (Lipinski definition) is 5. The minimum Gasteiger partial charge on any atom is -0.456 e. The van der Waals surface area contributed by atoms with Gasteiger partial charge < -0.3 is 18.8 Å². The van der Waals surface area contributed by atoms with E-state index in [4.69, 9.17) is 18.8 Å². The van der Waals surface area contributed by atoms with E-state index in [1.165, 1.54) is 51.0 Å². The third kappa shape index (κ3) is 14.3. The second-order valence-electron chi connectivity index (χ2n) is 10.7. The van der Waals surface area contributed by atoms with E-state index in [9.17, 15) is 0 Å². The number of thiophene rings is 1. The van der Waals surface area contributed by atoms with Crippen molar-refractivity contribution in [3.05, 3.63) is 113 Å². The van der Waals surface area contributed by atoms with Crippen molar-refractivity contribution in [2.75, 3.05) is 34.1 Å². The molecule has 1 aliphatic rings. The number of rotatable bonds is 8. The minimum absolute atomic E-state index is 0.386. The maximum absolute atomic E-state index is 7.00. The molecular formula is C41H57O4PS. The summed E-state index contributed by atoms with van der Waals surface area (Å²) in [6.07, 6.45) is 11.4. The van der Waals surface area contributed by atoms with Crippen molar-refractivity contribution in [3.8, 4) is 21.8 Å². The van der Waals surface area contributed by atoms with Crippen LogP contribution in [0.4, 0.5) is 0 Å². The van der Waals surface area contributed by atoms with E-state index in [2.05, 4.69) is 108 Å². The monoisotopic (exact) mass is 676 g/mol. The minimum atomic E-state index is -0.386. The number of furan rings is 1. The van der Waals surface area contributed by atoms with Gasteiger partial charge in [0.05, 0.1) is 8.15 Å². The van der Waals surface area contributed by atoms with E-state index < -0.39 is 0 Å². The first-order chi connectivity index (χ1) is 22.8. The zero-order valence-corrected chi connectivity index (χ0v) is 31.8. The second-order valence-corrected chi connectivity index (χ2v) is 13.6. The lowest BCUT2D eigenvalue weighted by Crippen LogP contribution is -2.14. The van der Waals surface area contributed by atoms with Crippen LogP contribution in [-0.2, 0) is 9.26 Å². The quantitative estimate of drug-likeness (QED) is 0.149. The van der Waals surface area contributed by atoms with Gasteiger partial charge >= 0.3 is 0 Å². The summed E-state index contributed by atoms with van der Waals surface area (Å²) in [7, 11) is 2.37. The van der Waals surface area contributed by atoms with E-state index in [0.29, 0.717) is 0 Å². The Hall–Kier alpha value is -3.05. The van der Waals surface area contributed by atoms with Crippen molar-refractivity contribution in [1.29, 1.82) is 0 Å². The summed E-state index contributed by atoms with van der Waals surface area (Å²) >= 11 is 1.77. The fraction of sp³-hybridized carbons (Fsp3) is 0.366. The molecule has 4 aromatic rings.